The van der Waals surface area contributed by atoms with E-state index in [0.717, 1.165) is 36.1 Å². The first kappa shape index (κ1) is 20.8. The van der Waals surface area contributed by atoms with Gasteiger partial charge in [0, 0.05) is 11.3 Å². The Balaban J connectivity index is 2.09. The lowest BCUT2D eigenvalue weighted by Crippen LogP contribution is -2.40. The molecule has 26 heavy (non-hydrogen) atoms. The molecule has 1 unspecified atom stereocenters. The predicted molar refractivity (Wildman–Crippen MR) is 105 cm³/mol. The van der Waals surface area contributed by atoms with E-state index in [2.05, 4.69) is 5.32 Å². The Bertz CT molecular complexity index is 598. The van der Waals surface area contributed by atoms with Gasteiger partial charge in [0.05, 0.1) is 19.6 Å². The summed E-state index contributed by atoms with van der Waals surface area (Å²) < 4.78 is 4.81. The Morgan fingerprint density at radius 2 is 1.88 bits per heavy atom. The minimum atomic E-state index is -0.385. The first-order chi connectivity index (χ1) is 12.5. The van der Waals surface area contributed by atoms with Crippen LogP contribution in [0.15, 0.2) is 29.2 Å². The van der Waals surface area contributed by atoms with Gasteiger partial charge in [-0.15, -0.1) is 11.8 Å². The number of carbonyl (C=O) groups excluding carboxylic acids is 2. The molecule has 144 valence electrons. The van der Waals surface area contributed by atoms with Gasteiger partial charge in [-0.25, -0.2) is 0 Å². The number of ether oxygens (including phenoxy) is 1. The van der Waals surface area contributed by atoms with Crippen molar-refractivity contribution in [1.82, 2.24) is 5.32 Å². The highest BCUT2D eigenvalue weighted by atomic mass is 32.2. The number of nitrogens with two attached hydrogens (primary N) is 1. The fourth-order valence-electron chi connectivity index (χ4n) is 3.68. The van der Waals surface area contributed by atoms with Gasteiger partial charge < -0.3 is 15.8 Å². The van der Waals surface area contributed by atoms with Crippen molar-refractivity contribution in [2.24, 2.45) is 11.1 Å². The number of methoxy groups -OCH3 is 1. The summed E-state index contributed by atoms with van der Waals surface area (Å²) in [7, 11) is 1.36. The molecule has 1 fully saturated rings. The van der Waals surface area contributed by atoms with E-state index in [4.69, 9.17) is 10.5 Å². The first-order valence-electron chi connectivity index (χ1n) is 9.22. The van der Waals surface area contributed by atoms with Crippen molar-refractivity contribution in [2.45, 2.75) is 55.9 Å². The van der Waals surface area contributed by atoms with Gasteiger partial charge >= 0.3 is 5.97 Å². The standard InChI is InChI=1S/C20H30N2O3S/c1-25-19(24)12-17(15-6-8-16(26-2)9-7-15)22-18(23)13-20(14-21)10-4-3-5-11-20/h6-9,17H,3-5,10-14,21H2,1-2H3,(H,22,23). The van der Waals surface area contributed by atoms with Crippen molar-refractivity contribution in [3.05, 3.63) is 29.8 Å². The molecule has 1 aromatic carbocycles. The van der Waals surface area contributed by atoms with E-state index >= 15 is 0 Å². The molecule has 1 aliphatic rings. The second-order valence-electron chi connectivity index (χ2n) is 7.12. The van der Waals surface area contributed by atoms with Crippen LogP contribution < -0.4 is 11.1 Å². The topological polar surface area (TPSA) is 81.4 Å². The lowest BCUT2D eigenvalue weighted by molar-refractivity contribution is -0.141. The first-order valence-corrected chi connectivity index (χ1v) is 10.4. The fraction of sp³-hybridized carbons (Fsp3) is 0.600. The summed E-state index contributed by atoms with van der Waals surface area (Å²) in [5.74, 6) is -0.379. The van der Waals surface area contributed by atoms with Gasteiger partial charge in [-0.05, 0) is 48.8 Å². The Hall–Kier alpha value is -1.53. The second-order valence-corrected chi connectivity index (χ2v) is 7.99. The van der Waals surface area contributed by atoms with Crippen LogP contribution in [0.3, 0.4) is 0 Å². The maximum Gasteiger partial charge on any atom is 0.307 e. The molecule has 0 heterocycles. The smallest absolute Gasteiger partial charge is 0.307 e. The van der Waals surface area contributed by atoms with Gasteiger partial charge in [0.25, 0.3) is 0 Å². The van der Waals surface area contributed by atoms with Crippen LogP contribution in [0, 0.1) is 5.41 Å². The Kier molecular flexibility index (Phi) is 7.97. The SMILES string of the molecule is COC(=O)CC(NC(=O)CC1(CN)CCCCC1)c1ccc(SC)cc1. The number of thioether (sulfide) groups is 1. The lowest BCUT2D eigenvalue weighted by atomic mass is 9.71. The number of hydrogen-bond acceptors (Lipinski definition) is 5. The molecule has 3 N–H and O–H groups in total. The van der Waals surface area contributed by atoms with E-state index in [1.54, 1.807) is 11.8 Å². The fourth-order valence-corrected chi connectivity index (χ4v) is 4.09. The predicted octanol–water partition coefficient (Wildman–Crippen LogP) is 3.43. The molecule has 0 saturated heterocycles. The Morgan fingerprint density at radius 1 is 1.23 bits per heavy atom. The summed E-state index contributed by atoms with van der Waals surface area (Å²) in [6.45, 7) is 0.532. The molecule has 5 nitrogen and oxygen atoms in total. The van der Waals surface area contributed by atoms with Crippen molar-refractivity contribution in [3.63, 3.8) is 0 Å². The Morgan fingerprint density at radius 3 is 2.42 bits per heavy atom. The van der Waals surface area contributed by atoms with Crippen molar-refractivity contribution in [3.8, 4) is 0 Å². The van der Waals surface area contributed by atoms with Crippen LogP contribution >= 0.6 is 11.8 Å². The zero-order valence-corrected chi connectivity index (χ0v) is 16.6. The molecule has 1 atom stereocenters. The summed E-state index contributed by atoms with van der Waals surface area (Å²) >= 11 is 1.65. The van der Waals surface area contributed by atoms with E-state index < -0.39 is 0 Å². The number of amides is 1. The van der Waals surface area contributed by atoms with Crippen LogP contribution in [-0.2, 0) is 14.3 Å². The average molecular weight is 379 g/mol. The van der Waals surface area contributed by atoms with Crippen molar-refractivity contribution >= 4 is 23.6 Å². The monoisotopic (exact) mass is 378 g/mol. The zero-order valence-electron chi connectivity index (χ0n) is 15.8. The molecule has 0 aromatic heterocycles. The molecule has 0 aliphatic heterocycles. The van der Waals surface area contributed by atoms with E-state index in [9.17, 15) is 9.59 Å². The number of carbonyl (C=O) groups is 2. The van der Waals surface area contributed by atoms with Gasteiger partial charge in [0.15, 0.2) is 0 Å². The maximum absolute atomic E-state index is 12.7. The summed E-state index contributed by atoms with van der Waals surface area (Å²) in [5.41, 5.74) is 6.82. The van der Waals surface area contributed by atoms with Gasteiger partial charge in [0.2, 0.25) is 5.91 Å². The van der Waals surface area contributed by atoms with Crippen LogP contribution in [0.5, 0.6) is 0 Å². The molecule has 6 heteroatoms. The molecule has 0 bridgehead atoms. The highest BCUT2D eigenvalue weighted by molar-refractivity contribution is 7.98. The third-order valence-corrected chi connectivity index (χ3v) is 6.08. The molecule has 1 aliphatic carbocycles. The molecular weight excluding hydrogens is 348 g/mol. The second kappa shape index (κ2) is 9.97. The maximum atomic E-state index is 12.7. The largest absolute Gasteiger partial charge is 0.469 e. The number of esters is 1. The zero-order chi connectivity index (χ0) is 19.0. The quantitative estimate of drug-likeness (QED) is 0.535. The molecular formula is C20H30N2O3S. The number of hydrogen-bond donors (Lipinski definition) is 2. The highest BCUT2D eigenvalue weighted by Gasteiger charge is 2.33. The summed E-state index contributed by atoms with van der Waals surface area (Å²) in [4.78, 5) is 25.7. The van der Waals surface area contributed by atoms with Gasteiger partial charge in [-0.1, -0.05) is 31.4 Å². The van der Waals surface area contributed by atoms with Gasteiger partial charge in [-0.3, -0.25) is 9.59 Å². The van der Waals surface area contributed by atoms with Crippen LogP contribution in [0.1, 0.15) is 56.6 Å². The molecule has 0 spiro atoms. The Labute approximate surface area is 160 Å². The van der Waals surface area contributed by atoms with Gasteiger partial charge in [0.1, 0.15) is 0 Å². The number of rotatable bonds is 8. The summed E-state index contributed by atoms with van der Waals surface area (Å²) in [6, 6.07) is 7.53. The minimum absolute atomic E-state index is 0.0415. The van der Waals surface area contributed by atoms with Crippen molar-refractivity contribution in [2.75, 3.05) is 19.9 Å². The minimum Gasteiger partial charge on any atom is -0.469 e. The van der Waals surface area contributed by atoms with Crippen LogP contribution in [0.4, 0.5) is 0 Å². The molecule has 2 rings (SSSR count). The van der Waals surface area contributed by atoms with E-state index in [-0.39, 0.29) is 29.8 Å². The normalized spacial score (nSPS) is 17.3. The molecule has 0 radical (unpaired) electrons. The highest BCUT2D eigenvalue weighted by Crippen LogP contribution is 2.38. The third-order valence-electron chi connectivity index (χ3n) is 5.33. The number of nitrogens with one attached hydrogen (secondary N) is 1. The van der Waals surface area contributed by atoms with Crippen LogP contribution in [-0.4, -0.2) is 31.8 Å². The lowest BCUT2D eigenvalue weighted by Gasteiger charge is -2.36. The van der Waals surface area contributed by atoms with Crippen LogP contribution in [0.25, 0.3) is 0 Å². The third kappa shape index (κ3) is 5.74. The van der Waals surface area contributed by atoms with E-state index in [1.165, 1.54) is 13.5 Å². The van der Waals surface area contributed by atoms with Gasteiger partial charge in [-0.2, -0.15) is 0 Å². The van der Waals surface area contributed by atoms with Crippen LogP contribution in [0.2, 0.25) is 0 Å². The molecule has 1 saturated carbocycles. The summed E-state index contributed by atoms with van der Waals surface area (Å²) in [6.07, 6.45) is 8.04. The van der Waals surface area contributed by atoms with Crippen molar-refractivity contribution in [1.29, 1.82) is 0 Å². The molecule has 1 amide bonds. The average Bonchev–Trinajstić information content (AvgIpc) is 2.68. The summed E-state index contributed by atoms with van der Waals surface area (Å²) in [5, 5.41) is 3.04. The number of benzene rings is 1. The molecule has 1 aromatic rings. The van der Waals surface area contributed by atoms with Crippen molar-refractivity contribution < 1.29 is 14.3 Å². The van der Waals surface area contributed by atoms with E-state index in [0.29, 0.717) is 13.0 Å². The van der Waals surface area contributed by atoms with E-state index in [1.807, 2.05) is 30.5 Å².